The summed E-state index contributed by atoms with van der Waals surface area (Å²) >= 11 is 0. The van der Waals surface area contributed by atoms with Gasteiger partial charge in [0.15, 0.2) is 0 Å². The van der Waals surface area contributed by atoms with Crippen LogP contribution in [0.25, 0.3) is 49.2 Å². The Labute approximate surface area is 264 Å². The number of anilines is 3. The molecule has 0 spiro atoms. The molecule has 0 atom stereocenters. The number of nitrogens with zero attached hydrogens (tertiary/aromatic N) is 3. The molecule has 4 heterocycles. The third kappa shape index (κ3) is 3.26. The van der Waals surface area contributed by atoms with Gasteiger partial charge in [-0.15, -0.1) is 0 Å². The van der Waals surface area contributed by atoms with E-state index in [1.54, 1.807) is 0 Å². The quantitative estimate of drug-likeness (QED) is 0.149. The van der Waals surface area contributed by atoms with Crippen molar-refractivity contribution in [1.29, 1.82) is 0 Å². The number of benzene rings is 6. The fraction of sp³-hybridized carbons (Fsp3) is 0.0750. The molecule has 10 rings (SSSR count). The smallest absolute Gasteiger partial charge is 0.252 e. The molecule has 2 aromatic heterocycles. The summed E-state index contributed by atoms with van der Waals surface area (Å²) in [6, 6.07) is 47.0. The molecule has 8 aromatic rings. The molecule has 214 valence electrons. The summed E-state index contributed by atoms with van der Waals surface area (Å²) in [4.78, 5) is 8.03. The predicted molar refractivity (Wildman–Crippen MR) is 197 cm³/mol. The van der Waals surface area contributed by atoms with Gasteiger partial charge in [0.05, 0.1) is 21.7 Å². The lowest BCUT2D eigenvalue weighted by Gasteiger charge is -2.42. The first kappa shape index (κ1) is 25.3. The maximum atomic E-state index is 5.49. The standard InChI is InChI=1S/C40H30BN3S/c1-45(2,3)40-36-29(26-16-7-10-21-32(26)42-40)24-35-37-39(36)43(25-14-5-4-6-15-25)34-23-12-9-19-30(34)41(37)31-20-13-18-28-27-17-8-11-22-33(27)44(35)38(28)31/h4-24H,1-3H3. The highest BCUT2D eigenvalue weighted by atomic mass is 32.3. The van der Waals surface area contributed by atoms with E-state index in [9.17, 15) is 0 Å². The van der Waals surface area contributed by atoms with Gasteiger partial charge in [0, 0.05) is 44.1 Å². The number of hydrogen-bond acceptors (Lipinski definition) is 2. The second-order valence-corrected chi connectivity index (χ2v) is 17.2. The third-order valence-corrected chi connectivity index (χ3v) is 11.3. The number of fused-ring (bicyclic) bond motifs is 11. The molecule has 2 aliphatic heterocycles. The minimum Gasteiger partial charge on any atom is -0.311 e. The van der Waals surface area contributed by atoms with Crippen LogP contribution < -0.4 is 21.3 Å². The van der Waals surface area contributed by atoms with E-state index >= 15 is 0 Å². The van der Waals surface area contributed by atoms with Crippen molar-refractivity contribution in [2.45, 2.75) is 5.03 Å². The highest BCUT2D eigenvalue weighted by Crippen LogP contribution is 2.54. The Balaban J connectivity index is 1.52. The van der Waals surface area contributed by atoms with E-state index in [4.69, 9.17) is 4.98 Å². The molecule has 0 saturated heterocycles. The third-order valence-electron chi connectivity index (χ3n) is 9.82. The first-order valence-electron chi connectivity index (χ1n) is 15.5. The zero-order chi connectivity index (χ0) is 30.0. The fourth-order valence-corrected chi connectivity index (χ4v) is 9.31. The summed E-state index contributed by atoms with van der Waals surface area (Å²) in [5.74, 6) is 0. The summed E-state index contributed by atoms with van der Waals surface area (Å²) < 4.78 is 2.56. The minimum absolute atomic E-state index is 0.102. The summed E-state index contributed by atoms with van der Waals surface area (Å²) in [7, 11) is -1.23. The Hall–Kier alpha value is -5.00. The summed E-state index contributed by atoms with van der Waals surface area (Å²) in [5.41, 5.74) is 12.7. The molecule has 3 nitrogen and oxygen atoms in total. The Bertz CT molecular complexity index is 2540. The Morgan fingerprint density at radius 1 is 0.600 bits per heavy atom. The molecule has 45 heavy (non-hydrogen) atoms. The van der Waals surface area contributed by atoms with E-state index in [2.05, 4.69) is 156 Å². The molecule has 0 aliphatic carbocycles. The number of hydrogen-bond donors (Lipinski definition) is 0. The van der Waals surface area contributed by atoms with Gasteiger partial charge < -0.3 is 9.47 Å². The van der Waals surface area contributed by atoms with Gasteiger partial charge >= 0.3 is 0 Å². The Morgan fingerprint density at radius 2 is 1.29 bits per heavy atom. The summed E-state index contributed by atoms with van der Waals surface area (Å²) in [6.45, 7) is 0.102. The monoisotopic (exact) mass is 595 g/mol. The molecule has 0 radical (unpaired) electrons. The second-order valence-electron chi connectivity index (χ2n) is 13.1. The van der Waals surface area contributed by atoms with Crippen LogP contribution >= 0.6 is 10.0 Å². The summed E-state index contributed by atoms with van der Waals surface area (Å²) in [6.07, 6.45) is 7.15. The van der Waals surface area contributed by atoms with Gasteiger partial charge in [0.1, 0.15) is 0 Å². The van der Waals surface area contributed by atoms with Gasteiger partial charge in [-0.25, -0.2) is 15.0 Å². The largest absolute Gasteiger partial charge is 0.311 e. The lowest BCUT2D eigenvalue weighted by molar-refractivity contribution is 1.17. The maximum Gasteiger partial charge on any atom is 0.252 e. The maximum absolute atomic E-state index is 5.49. The van der Waals surface area contributed by atoms with E-state index in [1.807, 2.05) is 0 Å². The van der Waals surface area contributed by atoms with Crippen molar-refractivity contribution in [1.82, 2.24) is 9.55 Å². The molecule has 0 unspecified atom stereocenters. The first-order chi connectivity index (χ1) is 22.0. The molecule has 0 N–H and O–H groups in total. The van der Waals surface area contributed by atoms with Crippen molar-refractivity contribution in [2.75, 3.05) is 23.7 Å². The van der Waals surface area contributed by atoms with E-state index < -0.39 is 10.0 Å². The van der Waals surface area contributed by atoms with E-state index in [-0.39, 0.29) is 6.71 Å². The van der Waals surface area contributed by atoms with Crippen LogP contribution in [-0.4, -0.2) is 35.0 Å². The van der Waals surface area contributed by atoms with Gasteiger partial charge in [-0.1, -0.05) is 91.0 Å². The Morgan fingerprint density at radius 3 is 2.13 bits per heavy atom. The molecular formula is C40H30BN3S. The predicted octanol–water partition coefficient (Wildman–Crippen LogP) is 8.15. The molecule has 6 aromatic carbocycles. The number of pyridine rings is 1. The van der Waals surface area contributed by atoms with E-state index in [0.717, 1.165) is 5.52 Å². The van der Waals surface area contributed by atoms with Gasteiger partial charge in [0.2, 0.25) is 0 Å². The van der Waals surface area contributed by atoms with Gasteiger partial charge in [0.25, 0.3) is 6.71 Å². The average molecular weight is 596 g/mol. The molecule has 0 fully saturated rings. The molecule has 0 amide bonds. The first-order valence-corrected chi connectivity index (χ1v) is 18.4. The Kier molecular flexibility index (Phi) is 4.96. The van der Waals surface area contributed by atoms with E-state index in [0.29, 0.717) is 0 Å². The van der Waals surface area contributed by atoms with Crippen LogP contribution in [0.4, 0.5) is 17.1 Å². The normalized spacial score (nSPS) is 13.9. The van der Waals surface area contributed by atoms with Crippen LogP contribution in [-0.2, 0) is 0 Å². The fourth-order valence-electron chi connectivity index (χ4n) is 8.12. The second kappa shape index (κ2) is 8.80. The highest BCUT2D eigenvalue weighted by Gasteiger charge is 2.43. The number of aromatic nitrogens is 2. The van der Waals surface area contributed by atoms with Crippen LogP contribution in [0.2, 0.25) is 0 Å². The van der Waals surface area contributed by atoms with Crippen LogP contribution in [0.1, 0.15) is 0 Å². The van der Waals surface area contributed by atoms with Gasteiger partial charge in [-0.05, 0) is 76.9 Å². The van der Waals surface area contributed by atoms with E-state index in [1.165, 1.54) is 82.1 Å². The van der Waals surface area contributed by atoms with Gasteiger partial charge in [-0.3, -0.25) is 0 Å². The van der Waals surface area contributed by atoms with Crippen LogP contribution in [0.5, 0.6) is 0 Å². The van der Waals surface area contributed by atoms with Crippen molar-refractivity contribution in [3.05, 3.63) is 127 Å². The van der Waals surface area contributed by atoms with Crippen LogP contribution in [0, 0.1) is 0 Å². The van der Waals surface area contributed by atoms with Crippen molar-refractivity contribution < 1.29 is 0 Å². The highest BCUT2D eigenvalue weighted by molar-refractivity contribution is 8.32. The molecule has 2 aliphatic rings. The van der Waals surface area contributed by atoms with Crippen LogP contribution in [0.15, 0.2) is 132 Å². The van der Waals surface area contributed by atoms with Crippen LogP contribution in [0.3, 0.4) is 0 Å². The lowest BCUT2D eigenvalue weighted by atomic mass is 9.33. The molecule has 5 heteroatoms. The average Bonchev–Trinajstić information content (AvgIpc) is 3.41. The number of para-hydroxylation sites is 5. The van der Waals surface area contributed by atoms with Crippen molar-refractivity contribution in [3.8, 4) is 5.69 Å². The summed E-state index contributed by atoms with van der Waals surface area (Å²) in [5, 5.41) is 7.59. The molecule has 0 saturated carbocycles. The van der Waals surface area contributed by atoms with Crippen molar-refractivity contribution in [2.24, 2.45) is 0 Å². The zero-order valence-electron chi connectivity index (χ0n) is 25.5. The lowest BCUT2D eigenvalue weighted by Crippen LogP contribution is -2.60. The minimum atomic E-state index is -1.23. The topological polar surface area (TPSA) is 21.1 Å². The molecular weight excluding hydrogens is 565 g/mol. The van der Waals surface area contributed by atoms with Crippen molar-refractivity contribution in [3.63, 3.8) is 0 Å². The SMILES string of the molecule is CS(C)(C)c1nc2ccccc2c2cc3c4c(c12)N(c1ccccc1)c1ccccc1B4c1cccc2c4ccccc4n-3c12. The zero-order valence-corrected chi connectivity index (χ0v) is 26.3. The van der Waals surface area contributed by atoms with Crippen molar-refractivity contribution >= 4 is 93.7 Å². The number of rotatable bonds is 2. The molecule has 0 bridgehead atoms. The van der Waals surface area contributed by atoms with Gasteiger partial charge in [-0.2, -0.15) is 0 Å².